The van der Waals surface area contributed by atoms with Crippen molar-refractivity contribution in [1.29, 1.82) is 0 Å². The van der Waals surface area contributed by atoms with Gasteiger partial charge in [0.1, 0.15) is 0 Å². The van der Waals surface area contributed by atoms with Gasteiger partial charge in [-0.3, -0.25) is 9.55 Å². The summed E-state index contributed by atoms with van der Waals surface area (Å²) in [5, 5.41) is 8.96. The molecule has 0 aromatic carbocycles. The number of thioether (sulfide) groups is 1. The van der Waals surface area contributed by atoms with Gasteiger partial charge in [-0.1, -0.05) is 0 Å². The average Bonchev–Trinajstić information content (AvgIpc) is 3.32. The van der Waals surface area contributed by atoms with Crippen LogP contribution < -0.4 is 9.80 Å². The van der Waals surface area contributed by atoms with Crippen LogP contribution in [0.4, 0.5) is 11.6 Å². The van der Waals surface area contributed by atoms with Crippen LogP contribution in [0, 0.1) is 0 Å². The molecular formula is C18H26N6S. The lowest BCUT2D eigenvalue weighted by atomic mass is 10.1. The first-order valence-electron chi connectivity index (χ1n) is 9.14. The Morgan fingerprint density at radius 1 is 1.16 bits per heavy atom. The lowest BCUT2D eigenvalue weighted by Gasteiger charge is -2.31. The Labute approximate surface area is 153 Å². The summed E-state index contributed by atoms with van der Waals surface area (Å²) in [5.74, 6) is 4.28. The van der Waals surface area contributed by atoms with Gasteiger partial charge in [-0.2, -0.15) is 11.8 Å². The van der Waals surface area contributed by atoms with Crippen molar-refractivity contribution in [1.82, 2.24) is 19.7 Å². The molecule has 0 spiro atoms. The third kappa shape index (κ3) is 3.34. The van der Waals surface area contributed by atoms with Crippen LogP contribution >= 0.6 is 11.8 Å². The van der Waals surface area contributed by atoms with Gasteiger partial charge in [-0.05, 0) is 37.5 Å². The normalized spacial score (nSPS) is 20.9. The second kappa shape index (κ2) is 7.23. The topological polar surface area (TPSA) is 50.1 Å². The van der Waals surface area contributed by atoms with E-state index >= 15 is 0 Å². The van der Waals surface area contributed by atoms with Crippen molar-refractivity contribution < 1.29 is 0 Å². The number of nitrogens with zero attached hydrogens (tertiary/aromatic N) is 6. The maximum atomic E-state index is 4.48. The zero-order chi connectivity index (χ0) is 17.2. The molecule has 4 heterocycles. The van der Waals surface area contributed by atoms with E-state index in [1.54, 1.807) is 0 Å². The minimum absolute atomic E-state index is 0.545. The molecule has 2 aromatic rings. The quantitative estimate of drug-likeness (QED) is 0.838. The van der Waals surface area contributed by atoms with Gasteiger partial charge >= 0.3 is 0 Å². The lowest BCUT2D eigenvalue weighted by molar-refractivity contribution is 0.595. The molecule has 0 aliphatic carbocycles. The van der Waals surface area contributed by atoms with E-state index in [-0.39, 0.29) is 0 Å². The highest BCUT2D eigenvalue weighted by molar-refractivity contribution is 7.99. The van der Waals surface area contributed by atoms with E-state index in [4.69, 9.17) is 0 Å². The van der Waals surface area contributed by atoms with Crippen molar-refractivity contribution >= 4 is 23.4 Å². The smallest absolute Gasteiger partial charge is 0.227 e. The summed E-state index contributed by atoms with van der Waals surface area (Å²) in [6.45, 7) is 2.24. The van der Waals surface area contributed by atoms with Crippen LogP contribution in [-0.4, -0.2) is 57.4 Å². The number of anilines is 2. The average molecular weight is 359 g/mol. The fraction of sp³-hybridized carbons (Fsp3) is 0.611. The summed E-state index contributed by atoms with van der Waals surface area (Å²) in [7, 11) is 4.20. The van der Waals surface area contributed by atoms with Gasteiger partial charge in [0.25, 0.3) is 0 Å². The summed E-state index contributed by atoms with van der Waals surface area (Å²) < 4.78 is 2.10. The molecular weight excluding hydrogens is 332 g/mol. The minimum Gasteiger partial charge on any atom is -0.370 e. The van der Waals surface area contributed by atoms with Gasteiger partial charge < -0.3 is 9.80 Å². The van der Waals surface area contributed by atoms with E-state index in [1.807, 2.05) is 24.2 Å². The maximum absolute atomic E-state index is 4.48. The van der Waals surface area contributed by atoms with E-state index in [9.17, 15) is 0 Å². The van der Waals surface area contributed by atoms with Gasteiger partial charge in [-0.25, -0.2) is 0 Å². The molecule has 2 aliphatic heterocycles. The standard InChI is InChI=1S/C18H26N6S/c1-22(15-6-5-9-25-13-15)18-21-20-17(23(18)2)14-10-16(12-19-11-14)24-7-3-4-8-24/h10-12,15H,3-9,13H2,1-2H3. The summed E-state index contributed by atoms with van der Waals surface area (Å²) in [4.78, 5) is 9.14. The Kier molecular flexibility index (Phi) is 4.83. The highest BCUT2D eigenvalue weighted by Gasteiger charge is 2.23. The summed E-state index contributed by atoms with van der Waals surface area (Å²) in [5.41, 5.74) is 2.23. The predicted molar refractivity (Wildman–Crippen MR) is 104 cm³/mol. The van der Waals surface area contributed by atoms with Crippen molar-refractivity contribution in [3.63, 3.8) is 0 Å². The molecule has 2 saturated heterocycles. The van der Waals surface area contributed by atoms with Gasteiger partial charge in [0.05, 0.1) is 11.9 Å². The molecule has 134 valence electrons. The maximum Gasteiger partial charge on any atom is 0.227 e. The number of aromatic nitrogens is 4. The Hall–Kier alpha value is -1.76. The Morgan fingerprint density at radius 3 is 2.76 bits per heavy atom. The highest BCUT2D eigenvalue weighted by atomic mass is 32.2. The molecule has 6 nitrogen and oxygen atoms in total. The van der Waals surface area contributed by atoms with Crippen molar-refractivity contribution in [2.45, 2.75) is 31.7 Å². The van der Waals surface area contributed by atoms with Crippen LogP contribution in [0.25, 0.3) is 11.4 Å². The molecule has 2 aromatic heterocycles. The number of hydrogen-bond donors (Lipinski definition) is 0. The first-order valence-corrected chi connectivity index (χ1v) is 10.3. The Bertz CT molecular complexity index is 718. The van der Waals surface area contributed by atoms with Crippen LogP contribution in [0.1, 0.15) is 25.7 Å². The molecule has 0 saturated carbocycles. The molecule has 0 bridgehead atoms. The number of rotatable bonds is 4. The third-order valence-corrected chi connectivity index (χ3v) is 6.50. The van der Waals surface area contributed by atoms with Crippen LogP contribution in [0.5, 0.6) is 0 Å². The van der Waals surface area contributed by atoms with Crippen LogP contribution in [0.2, 0.25) is 0 Å². The summed E-state index contributed by atoms with van der Waals surface area (Å²) >= 11 is 2.04. The number of pyridine rings is 1. The molecule has 0 N–H and O–H groups in total. The summed E-state index contributed by atoms with van der Waals surface area (Å²) in [6.07, 6.45) is 8.90. The fourth-order valence-corrected chi connectivity index (χ4v) is 4.97. The van der Waals surface area contributed by atoms with E-state index in [0.29, 0.717) is 6.04 Å². The molecule has 0 radical (unpaired) electrons. The molecule has 4 rings (SSSR count). The van der Waals surface area contributed by atoms with Crippen molar-refractivity contribution in [2.24, 2.45) is 7.05 Å². The van der Waals surface area contributed by atoms with Crippen molar-refractivity contribution in [2.75, 3.05) is 41.4 Å². The van der Waals surface area contributed by atoms with Gasteiger partial charge in [0.15, 0.2) is 5.82 Å². The van der Waals surface area contributed by atoms with E-state index in [1.165, 1.54) is 42.9 Å². The fourth-order valence-electron chi connectivity index (χ4n) is 3.77. The molecule has 2 fully saturated rings. The monoisotopic (exact) mass is 358 g/mol. The van der Waals surface area contributed by atoms with Crippen LogP contribution in [0.15, 0.2) is 18.5 Å². The van der Waals surface area contributed by atoms with E-state index < -0.39 is 0 Å². The zero-order valence-electron chi connectivity index (χ0n) is 15.1. The minimum atomic E-state index is 0.545. The largest absolute Gasteiger partial charge is 0.370 e. The van der Waals surface area contributed by atoms with Gasteiger partial charge in [0, 0.05) is 50.7 Å². The first kappa shape index (κ1) is 16.7. The summed E-state index contributed by atoms with van der Waals surface area (Å²) in [6, 6.07) is 2.74. The van der Waals surface area contributed by atoms with Crippen molar-refractivity contribution in [3.8, 4) is 11.4 Å². The molecule has 1 atom stereocenters. The Morgan fingerprint density at radius 2 is 2.00 bits per heavy atom. The predicted octanol–water partition coefficient (Wildman–Crippen LogP) is 2.81. The van der Waals surface area contributed by atoms with Crippen LogP contribution in [0.3, 0.4) is 0 Å². The zero-order valence-corrected chi connectivity index (χ0v) is 15.9. The second-order valence-electron chi connectivity index (χ2n) is 6.99. The lowest BCUT2D eigenvalue weighted by Crippen LogP contribution is -2.37. The van der Waals surface area contributed by atoms with E-state index in [2.05, 4.69) is 49.7 Å². The molecule has 1 unspecified atom stereocenters. The van der Waals surface area contributed by atoms with Gasteiger partial charge in [-0.15, -0.1) is 10.2 Å². The van der Waals surface area contributed by atoms with Gasteiger partial charge in [0.2, 0.25) is 5.95 Å². The first-order chi connectivity index (χ1) is 12.2. The molecule has 2 aliphatic rings. The molecule has 25 heavy (non-hydrogen) atoms. The highest BCUT2D eigenvalue weighted by Crippen LogP contribution is 2.28. The molecule has 0 amide bonds. The SMILES string of the molecule is CN(c1nnc(-c2cncc(N3CCCC3)c2)n1C)C1CCCSC1. The second-order valence-corrected chi connectivity index (χ2v) is 8.14. The van der Waals surface area contributed by atoms with E-state index in [0.717, 1.165) is 30.4 Å². The number of hydrogen-bond acceptors (Lipinski definition) is 6. The third-order valence-electron chi connectivity index (χ3n) is 5.30. The van der Waals surface area contributed by atoms with Crippen molar-refractivity contribution in [3.05, 3.63) is 18.5 Å². The van der Waals surface area contributed by atoms with Crippen LogP contribution in [-0.2, 0) is 7.05 Å². The molecule has 7 heteroatoms. The Balaban J connectivity index is 1.59.